The lowest BCUT2D eigenvalue weighted by molar-refractivity contribution is -0.137. The lowest BCUT2D eigenvalue weighted by Crippen LogP contribution is -2.41. The topological polar surface area (TPSA) is 132 Å². The van der Waals surface area contributed by atoms with Crippen molar-refractivity contribution >= 4 is 45.6 Å². The molecule has 0 fully saturated rings. The number of hydrazine groups is 1. The van der Waals surface area contributed by atoms with Gasteiger partial charge in [0.15, 0.2) is 5.84 Å². The normalized spacial score (nSPS) is 13.4. The highest BCUT2D eigenvalue weighted by Gasteiger charge is 2.33. The van der Waals surface area contributed by atoms with Crippen LogP contribution >= 0.6 is 0 Å². The van der Waals surface area contributed by atoms with Crippen LogP contribution in [0.4, 0.5) is 53.0 Å². The van der Waals surface area contributed by atoms with E-state index < -0.39 is 11.7 Å². The van der Waals surface area contributed by atoms with Gasteiger partial charge < -0.3 is 22.9 Å². The highest BCUT2D eigenvalue weighted by Crippen LogP contribution is 2.41. The molecule has 1 heterocycles. The van der Waals surface area contributed by atoms with Gasteiger partial charge in [-0.15, -0.1) is 0 Å². The van der Waals surface area contributed by atoms with Crippen LogP contribution in [0.1, 0.15) is 11.1 Å². The Morgan fingerprint density at radius 1 is 0.767 bits per heavy atom. The van der Waals surface area contributed by atoms with Gasteiger partial charge in [0.2, 0.25) is 0 Å². The average Bonchev–Trinajstić information content (AvgIpc) is 2.70. The van der Waals surface area contributed by atoms with Crippen LogP contribution < -0.4 is 33.4 Å². The van der Waals surface area contributed by atoms with Crippen molar-refractivity contribution < 1.29 is 13.2 Å². The third kappa shape index (κ3) is 3.39. The molecule has 0 aliphatic carbocycles. The number of fused-ring (bicyclic) bond motifs is 1. The molecular formula is C20H18F3N7. The van der Waals surface area contributed by atoms with Crippen LogP contribution in [-0.4, -0.2) is 5.84 Å². The summed E-state index contributed by atoms with van der Waals surface area (Å²) in [7, 11) is 0. The van der Waals surface area contributed by atoms with E-state index in [-0.39, 0.29) is 5.69 Å². The van der Waals surface area contributed by atoms with Crippen LogP contribution in [0.25, 0.3) is 0 Å². The molecule has 154 valence electrons. The van der Waals surface area contributed by atoms with E-state index in [0.29, 0.717) is 45.5 Å². The molecule has 0 aromatic heterocycles. The summed E-state index contributed by atoms with van der Waals surface area (Å²) in [5.41, 5.74) is 28.7. The molecule has 0 saturated heterocycles. The highest BCUT2D eigenvalue weighted by molar-refractivity contribution is 6.06. The van der Waals surface area contributed by atoms with Gasteiger partial charge >= 0.3 is 6.18 Å². The monoisotopic (exact) mass is 413 g/mol. The van der Waals surface area contributed by atoms with E-state index in [0.717, 1.165) is 12.1 Å². The first-order chi connectivity index (χ1) is 14.1. The van der Waals surface area contributed by atoms with Crippen molar-refractivity contribution in [1.29, 1.82) is 0 Å². The summed E-state index contributed by atoms with van der Waals surface area (Å²) >= 11 is 0. The van der Waals surface area contributed by atoms with Crippen molar-refractivity contribution in [2.24, 2.45) is 4.99 Å². The molecule has 9 N–H and O–H groups in total. The number of halogens is 3. The second-order valence-electron chi connectivity index (χ2n) is 6.77. The SMILES string of the molecule is Nc1ccc(C2=Nc3ccc(C(F)(F)F)cc3N(c3ccc(N)c(N)c3)N2)cc1N. The number of nitrogens with one attached hydrogen (secondary N) is 1. The van der Waals surface area contributed by atoms with Crippen molar-refractivity contribution in [1.82, 2.24) is 5.43 Å². The van der Waals surface area contributed by atoms with Gasteiger partial charge in [-0.1, -0.05) is 0 Å². The van der Waals surface area contributed by atoms with Crippen LogP contribution in [0.2, 0.25) is 0 Å². The number of aliphatic imine (C=N–C) groups is 1. The van der Waals surface area contributed by atoms with E-state index >= 15 is 0 Å². The largest absolute Gasteiger partial charge is 0.416 e. The van der Waals surface area contributed by atoms with Gasteiger partial charge in [-0.3, -0.25) is 10.4 Å². The third-order valence-electron chi connectivity index (χ3n) is 4.68. The first kappa shape index (κ1) is 19.2. The van der Waals surface area contributed by atoms with Gasteiger partial charge in [-0.05, 0) is 54.6 Å². The van der Waals surface area contributed by atoms with E-state index in [2.05, 4.69) is 10.4 Å². The maximum Gasteiger partial charge on any atom is 0.416 e. The second-order valence-corrected chi connectivity index (χ2v) is 6.77. The number of nitrogens with zero attached hydrogens (tertiary/aromatic N) is 2. The van der Waals surface area contributed by atoms with Gasteiger partial charge in [-0.2, -0.15) is 13.2 Å². The lowest BCUT2D eigenvalue weighted by Gasteiger charge is -2.32. The zero-order valence-electron chi connectivity index (χ0n) is 15.5. The molecule has 0 amide bonds. The Kier molecular flexibility index (Phi) is 4.34. The Hall–Kier alpha value is -4.08. The zero-order chi connectivity index (χ0) is 21.6. The quantitative estimate of drug-likeness (QED) is 0.407. The second kappa shape index (κ2) is 6.76. The predicted molar refractivity (Wildman–Crippen MR) is 113 cm³/mol. The Balaban J connectivity index is 1.88. The summed E-state index contributed by atoms with van der Waals surface area (Å²) in [6, 6.07) is 13.1. The van der Waals surface area contributed by atoms with Crippen LogP contribution in [0, 0.1) is 0 Å². The summed E-state index contributed by atoms with van der Waals surface area (Å²) in [5, 5.41) is 1.47. The molecule has 0 atom stereocenters. The Bertz CT molecular complexity index is 1170. The number of rotatable bonds is 2. The van der Waals surface area contributed by atoms with Crippen molar-refractivity contribution in [3.05, 3.63) is 65.7 Å². The molecule has 0 bridgehead atoms. The number of alkyl halides is 3. The van der Waals surface area contributed by atoms with E-state index in [1.165, 1.54) is 11.1 Å². The van der Waals surface area contributed by atoms with Crippen LogP contribution in [0.3, 0.4) is 0 Å². The molecule has 0 spiro atoms. The first-order valence-electron chi connectivity index (χ1n) is 8.80. The predicted octanol–water partition coefficient (Wildman–Crippen LogP) is 3.77. The van der Waals surface area contributed by atoms with E-state index in [1.807, 2.05) is 0 Å². The molecule has 0 unspecified atom stereocenters. The minimum Gasteiger partial charge on any atom is -0.397 e. The smallest absolute Gasteiger partial charge is 0.397 e. The molecular weight excluding hydrogens is 395 g/mol. The highest BCUT2D eigenvalue weighted by atomic mass is 19.4. The third-order valence-corrected chi connectivity index (χ3v) is 4.68. The summed E-state index contributed by atoms with van der Waals surface area (Å²) in [6.07, 6.45) is -4.50. The molecule has 0 saturated carbocycles. The standard InChI is InChI=1S/C20H18F3N7/c21-20(22,23)11-2-6-17-18(8-11)30(12-3-5-14(25)16(27)9-12)29-19(28-17)10-1-4-13(24)15(26)7-10/h1-9H,24-27H2,(H,28,29). The fourth-order valence-corrected chi connectivity index (χ4v) is 3.04. The Morgan fingerprint density at radius 2 is 1.43 bits per heavy atom. The Labute approximate surface area is 169 Å². The van der Waals surface area contributed by atoms with Crippen molar-refractivity contribution in [3.8, 4) is 0 Å². The van der Waals surface area contributed by atoms with Gasteiger partial charge in [0, 0.05) is 5.56 Å². The van der Waals surface area contributed by atoms with Gasteiger partial charge in [0.25, 0.3) is 0 Å². The van der Waals surface area contributed by atoms with Crippen molar-refractivity contribution in [2.75, 3.05) is 27.9 Å². The first-order valence-corrected chi connectivity index (χ1v) is 8.80. The number of anilines is 6. The fraction of sp³-hybridized carbons (Fsp3) is 0.0500. The maximum atomic E-state index is 13.3. The number of benzene rings is 3. The molecule has 1 aliphatic rings. The van der Waals surface area contributed by atoms with Gasteiger partial charge in [-0.25, -0.2) is 4.99 Å². The van der Waals surface area contributed by atoms with Gasteiger partial charge in [0.05, 0.1) is 45.4 Å². The van der Waals surface area contributed by atoms with Crippen molar-refractivity contribution in [3.63, 3.8) is 0 Å². The maximum absolute atomic E-state index is 13.3. The lowest BCUT2D eigenvalue weighted by atomic mass is 10.1. The van der Waals surface area contributed by atoms with E-state index in [9.17, 15) is 13.2 Å². The average molecular weight is 413 g/mol. The number of hydrogen-bond acceptors (Lipinski definition) is 7. The van der Waals surface area contributed by atoms with Gasteiger partial charge in [0.1, 0.15) is 0 Å². The number of nitrogen functional groups attached to an aromatic ring is 4. The molecule has 1 aliphatic heterocycles. The van der Waals surface area contributed by atoms with Crippen LogP contribution in [0.5, 0.6) is 0 Å². The van der Waals surface area contributed by atoms with Crippen LogP contribution in [-0.2, 0) is 6.18 Å². The zero-order valence-corrected chi connectivity index (χ0v) is 15.5. The summed E-state index contributed by atoms with van der Waals surface area (Å²) in [4.78, 5) is 4.47. The summed E-state index contributed by atoms with van der Waals surface area (Å²) in [6.45, 7) is 0. The van der Waals surface area contributed by atoms with Crippen molar-refractivity contribution in [2.45, 2.75) is 6.18 Å². The number of hydrogen-bond donors (Lipinski definition) is 5. The molecule has 7 nitrogen and oxygen atoms in total. The molecule has 4 rings (SSSR count). The minimum absolute atomic E-state index is 0.209. The van der Waals surface area contributed by atoms with Crippen LogP contribution in [0.15, 0.2) is 59.6 Å². The number of nitrogens with two attached hydrogens (primary N) is 4. The molecule has 10 heteroatoms. The minimum atomic E-state index is -4.50. The van der Waals surface area contributed by atoms with E-state index in [1.54, 1.807) is 36.4 Å². The summed E-state index contributed by atoms with van der Waals surface area (Å²) < 4.78 is 39.9. The number of amidine groups is 1. The van der Waals surface area contributed by atoms with E-state index in [4.69, 9.17) is 22.9 Å². The molecule has 0 radical (unpaired) electrons. The molecule has 3 aromatic rings. The summed E-state index contributed by atoms with van der Waals surface area (Å²) in [5.74, 6) is 0.379. The molecule has 3 aromatic carbocycles. The fourth-order valence-electron chi connectivity index (χ4n) is 3.04. The Morgan fingerprint density at radius 3 is 2.07 bits per heavy atom. The molecule has 30 heavy (non-hydrogen) atoms.